The zero-order valence-corrected chi connectivity index (χ0v) is 11.2. The van der Waals surface area contributed by atoms with Gasteiger partial charge >= 0.3 is 0 Å². The molecule has 106 valence electrons. The van der Waals surface area contributed by atoms with Crippen LogP contribution in [0.25, 0.3) is 0 Å². The second-order valence-electron chi connectivity index (χ2n) is 4.30. The summed E-state index contributed by atoms with van der Waals surface area (Å²) in [5.41, 5.74) is 1.61. The summed E-state index contributed by atoms with van der Waals surface area (Å²) in [6.07, 6.45) is 3.95. The highest BCUT2D eigenvalue weighted by Gasteiger charge is 2.05. The van der Waals surface area contributed by atoms with Crippen LogP contribution in [0.1, 0.15) is 5.56 Å². The molecule has 1 aromatic heterocycles. The van der Waals surface area contributed by atoms with Crippen LogP contribution >= 0.6 is 0 Å². The molecule has 1 heterocycles. The number of ether oxygens (including phenoxy) is 1. The van der Waals surface area contributed by atoms with Crippen molar-refractivity contribution in [1.82, 2.24) is 9.78 Å². The normalized spacial score (nSPS) is 10.3. The third kappa shape index (κ3) is 3.83. The van der Waals surface area contributed by atoms with Gasteiger partial charge in [-0.3, -0.25) is 9.48 Å². The molecule has 1 amide bonds. The van der Waals surface area contributed by atoms with E-state index in [1.165, 1.54) is 0 Å². The van der Waals surface area contributed by atoms with Gasteiger partial charge in [0.1, 0.15) is 12.3 Å². The fourth-order valence-electron chi connectivity index (χ4n) is 1.77. The van der Waals surface area contributed by atoms with Crippen molar-refractivity contribution < 1.29 is 14.6 Å². The van der Waals surface area contributed by atoms with Gasteiger partial charge in [0.2, 0.25) is 5.91 Å². The number of carbonyl (C=O) groups excluding carboxylic acids is 1. The van der Waals surface area contributed by atoms with E-state index < -0.39 is 0 Å². The number of aliphatic hydroxyl groups is 1. The molecule has 6 nitrogen and oxygen atoms in total. The fraction of sp³-hybridized carbons (Fsp3) is 0.286. The first-order chi connectivity index (χ1) is 9.71. The fourth-order valence-corrected chi connectivity index (χ4v) is 1.77. The van der Waals surface area contributed by atoms with Gasteiger partial charge in [-0.2, -0.15) is 5.10 Å². The van der Waals surface area contributed by atoms with Gasteiger partial charge in [0.05, 0.1) is 13.3 Å². The van der Waals surface area contributed by atoms with Crippen LogP contribution in [0, 0.1) is 0 Å². The Morgan fingerprint density at radius 1 is 1.40 bits per heavy atom. The molecule has 0 radical (unpaired) electrons. The molecular weight excluding hydrogens is 258 g/mol. The van der Waals surface area contributed by atoms with E-state index in [2.05, 4.69) is 10.4 Å². The molecule has 2 N–H and O–H groups in total. The smallest absolute Gasteiger partial charge is 0.246 e. The molecular formula is C14H17N3O3. The van der Waals surface area contributed by atoms with E-state index in [0.717, 1.165) is 11.3 Å². The minimum Gasteiger partial charge on any atom is -0.497 e. The Morgan fingerprint density at radius 3 is 2.80 bits per heavy atom. The molecule has 0 spiro atoms. The molecule has 0 fully saturated rings. The third-order valence-electron chi connectivity index (χ3n) is 2.77. The van der Waals surface area contributed by atoms with E-state index in [1.54, 1.807) is 48.5 Å². The molecule has 2 rings (SSSR count). The molecule has 20 heavy (non-hydrogen) atoms. The second-order valence-corrected chi connectivity index (χ2v) is 4.30. The quantitative estimate of drug-likeness (QED) is 0.826. The first-order valence-corrected chi connectivity index (χ1v) is 6.27. The molecule has 0 unspecified atom stereocenters. The molecule has 0 saturated heterocycles. The van der Waals surface area contributed by atoms with Gasteiger partial charge in [-0.1, -0.05) is 0 Å². The summed E-state index contributed by atoms with van der Waals surface area (Å²) >= 11 is 0. The van der Waals surface area contributed by atoms with Crippen molar-refractivity contribution in [2.24, 2.45) is 0 Å². The topological polar surface area (TPSA) is 76.4 Å². The molecule has 0 bridgehead atoms. The minimum absolute atomic E-state index is 0.0732. The molecule has 0 aliphatic rings. The molecule has 1 aromatic carbocycles. The monoisotopic (exact) mass is 275 g/mol. The molecule has 0 atom stereocenters. The zero-order chi connectivity index (χ0) is 14.4. The lowest BCUT2D eigenvalue weighted by atomic mass is 10.3. The van der Waals surface area contributed by atoms with Gasteiger partial charge in [-0.15, -0.1) is 0 Å². The summed E-state index contributed by atoms with van der Waals surface area (Å²) in [6.45, 7) is 0.210. The number of amides is 1. The van der Waals surface area contributed by atoms with Gasteiger partial charge in [0.25, 0.3) is 0 Å². The minimum atomic E-state index is -0.159. The first-order valence-electron chi connectivity index (χ1n) is 6.27. The van der Waals surface area contributed by atoms with Crippen molar-refractivity contribution in [3.8, 4) is 5.75 Å². The number of aliphatic hydroxyl groups excluding tert-OH is 1. The van der Waals surface area contributed by atoms with Crippen molar-refractivity contribution in [3.63, 3.8) is 0 Å². The maximum Gasteiger partial charge on any atom is 0.246 e. The first kappa shape index (κ1) is 14.1. The highest BCUT2D eigenvalue weighted by atomic mass is 16.5. The summed E-state index contributed by atoms with van der Waals surface area (Å²) < 4.78 is 6.59. The molecule has 0 aliphatic carbocycles. The van der Waals surface area contributed by atoms with E-state index in [1.807, 2.05) is 0 Å². The van der Waals surface area contributed by atoms with Gasteiger partial charge in [0.15, 0.2) is 0 Å². The SMILES string of the molecule is COc1ccc(NC(=O)Cn2cc(CCO)cn2)cc1. The van der Waals surface area contributed by atoms with E-state index >= 15 is 0 Å². The average Bonchev–Trinajstić information content (AvgIpc) is 2.87. The van der Waals surface area contributed by atoms with E-state index in [9.17, 15) is 4.79 Å². The maximum atomic E-state index is 11.9. The van der Waals surface area contributed by atoms with Crippen molar-refractivity contribution in [1.29, 1.82) is 0 Å². The van der Waals surface area contributed by atoms with Gasteiger partial charge in [0, 0.05) is 18.5 Å². The number of hydrogen-bond acceptors (Lipinski definition) is 4. The number of carbonyl (C=O) groups is 1. The number of rotatable bonds is 6. The van der Waals surface area contributed by atoms with Crippen molar-refractivity contribution in [2.75, 3.05) is 19.0 Å². The van der Waals surface area contributed by atoms with E-state index in [0.29, 0.717) is 12.1 Å². The molecule has 6 heteroatoms. The van der Waals surface area contributed by atoms with Crippen LogP contribution < -0.4 is 10.1 Å². The summed E-state index contributed by atoms with van der Waals surface area (Å²) in [5, 5.41) is 15.7. The lowest BCUT2D eigenvalue weighted by Gasteiger charge is -2.06. The number of hydrogen-bond donors (Lipinski definition) is 2. The average molecular weight is 275 g/mol. The van der Waals surface area contributed by atoms with Crippen LogP contribution in [-0.2, 0) is 17.8 Å². The highest BCUT2D eigenvalue weighted by molar-refractivity contribution is 5.90. The molecule has 2 aromatic rings. The number of benzene rings is 1. The highest BCUT2D eigenvalue weighted by Crippen LogP contribution is 2.14. The van der Waals surface area contributed by atoms with E-state index in [4.69, 9.17) is 9.84 Å². The van der Waals surface area contributed by atoms with Gasteiger partial charge in [-0.25, -0.2) is 0 Å². The Balaban J connectivity index is 1.90. The van der Waals surface area contributed by atoms with Crippen molar-refractivity contribution in [3.05, 3.63) is 42.2 Å². The van der Waals surface area contributed by atoms with Crippen molar-refractivity contribution in [2.45, 2.75) is 13.0 Å². The Bertz CT molecular complexity index is 563. The maximum absolute atomic E-state index is 11.9. The predicted octanol–water partition coefficient (Wildman–Crippen LogP) is 1.07. The van der Waals surface area contributed by atoms with Crippen LogP contribution in [0.3, 0.4) is 0 Å². The Hall–Kier alpha value is -2.34. The summed E-state index contributed by atoms with van der Waals surface area (Å²) in [4.78, 5) is 11.9. The van der Waals surface area contributed by atoms with Crippen LogP contribution in [0.2, 0.25) is 0 Å². The number of nitrogens with zero attached hydrogens (tertiary/aromatic N) is 2. The second kappa shape index (κ2) is 6.72. The Morgan fingerprint density at radius 2 is 2.15 bits per heavy atom. The standard InChI is InChI=1S/C14H17N3O3/c1-20-13-4-2-12(3-5-13)16-14(19)10-17-9-11(6-7-18)8-15-17/h2-5,8-9,18H,6-7,10H2,1H3,(H,16,19). The Labute approximate surface area is 117 Å². The zero-order valence-electron chi connectivity index (χ0n) is 11.2. The lowest BCUT2D eigenvalue weighted by Crippen LogP contribution is -2.18. The van der Waals surface area contributed by atoms with Crippen molar-refractivity contribution >= 4 is 11.6 Å². The Kier molecular flexibility index (Phi) is 4.73. The molecule has 0 saturated carbocycles. The van der Waals surface area contributed by atoms with Gasteiger partial charge in [-0.05, 0) is 36.2 Å². The summed E-state index contributed by atoms with van der Waals surface area (Å²) in [6, 6.07) is 7.11. The van der Waals surface area contributed by atoms with Crippen LogP contribution in [0.15, 0.2) is 36.7 Å². The summed E-state index contributed by atoms with van der Waals surface area (Å²) in [5.74, 6) is 0.581. The summed E-state index contributed by atoms with van der Waals surface area (Å²) in [7, 11) is 1.59. The number of aromatic nitrogens is 2. The lowest BCUT2D eigenvalue weighted by molar-refractivity contribution is -0.116. The van der Waals surface area contributed by atoms with Crippen LogP contribution in [0.4, 0.5) is 5.69 Å². The number of methoxy groups -OCH3 is 1. The van der Waals surface area contributed by atoms with E-state index in [-0.39, 0.29) is 19.1 Å². The third-order valence-corrected chi connectivity index (χ3v) is 2.77. The largest absolute Gasteiger partial charge is 0.497 e. The molecule has 0 aliphatic heterocycles. The number of anilines is 1. The van der Waals surface area contributed by atoms with Crippen LogP contribution in [0.5, 0.6) is 5.75 Å². The van der Waals surface area contributed by atoms with Crippen LogP contribution in [-0.4, -0.2) is 34.5 Å². The predicted molar refractivity (Wildman–Crippen MR) is 74.6 cm³/mol. The van der Waals surface area contributed by atoms with Gasteiger partial charge < -0.3 is 15.2 Å². The number of nitrogens with one attached hydrogen (secondary N) is 1.